The van der Waals surface area contributed by atoms with E-state index in [9.17, 15) is 0 Å². The summed E-state index contributed by atoms with van der Waals surface area (Å²) in [6, 6.07) is 46.0. The summed E-state index contributed by atoms with van der Waals surface area (Å²) < 4.78 is 2.48. The van der Waals surface area contributed by atoms with E-state index in [2.05, 4.69) is 132 Å². The van der Waals surface area contributed by atoms with Gasteiger partial charge in [0.05, 0.1) is 22.5 Å². The molecule has 0 atom stereocenters. The zero-order valence-corrected chi connectivity index (χ0v) is 19.6. The lowest BCUT2D eigenvalue weighted by molar-refractivity contribution is 0.732. The second kappa shape index (κ2) is 7.16. The van der Waals surface area contributed by atoms with Gasteiger partial charge in [0.2, 0.25) is 0 Å². The number of benzene rings is 4. The lowest BCUT2D eigenvalue weighted by Crippen LogP contribution is -2.29. The van der Waals surface area contributed by atoms with Crippen LogP contribution in [-0.2, 0) is 5.41 Å². The van der Waals surface area contributed by atoms with E-state index < -0.39 is 5.41 Å². The van der Waals surface area contributed by atoms with Crippen LogP contribution in [0.25, 0.3) is 39.3 Å². The average molecular weight is 459 g/mol. The molecule has 0 saturated carbocycles. The molecular weight excluding hydrogens is 436 g/mol. The van der Waals surface area contributed by atoms with Crippen LogP contribution >= 0.6 is 0 Å². The molecule has 0 fully saturated rings. The third kappa shape index (κ3) is 2.33. The Bertz CT molecular complexity index is 1730. The van der Waals surface area contributed by atoms with Crippen LogP contribution in [0.1, 0.15) is 22.4 Å². The summed E-state index contributed by atoms with van der Waals surface area (Å²) in [4.78, 5) is 4.99. The number of pyridine rings is 1. The average Bonchev–Trinajstić information content (AvgIpc) is 3.58. The normalized spacial score (nSPS) is 13.8. The second-order valence-corrected chi connectivity index (χ2v) is 9.57. The van der Waals surface area contributed by atoms with Crippen LogP contribution in [-0.4, -0.2) is 9.55 Å². The fourth-order valence-corrected chi connectivity index (χ4v) is 6.56. The van der Waals surface area contributed by atoms with E-state index in [4.69, 9.17) is 4.98 Å². The zero-order chi connectivity index (χ0) is 23.7. The summed E-state index contributed by atoms with van der Waals surface area (Å²) in [6.45, 7) is 0. The summed E-state index contributed by atoms with van der Waals surface area (Å²) in [5.74, 6) is 0. The van der Waals surface area contributed by atoms with Crippen molar-refractivity contribution in [2.75, 3.05) is 0 Å². The van der Waals surface area contributed by atoms with Gasteiger partial charge in [-0.05, 0) is 57.6 Å². The molecule has 1 spiro atoms. The molecule has 8 rings (SSSR count). The molecule has 36 heavy (non-hydrogen) atoms. The van der Waals surface area contributed by atoms with Crippen molar-refractivity contribution >= 4 is 0 Å². The van der Waals surface area contributed by atoms with Crippen LogP contribution in [0.3, 0.4) is 0 Å². The van der Waals surface area contributed by atoms with Gasteiger partial charge in [-0.15, -0.1) is 0 Å². The van der Waals surface area contributed by atoms with Gasteiger partial charge >= 0.3 is 0 Å². The third-order valence-corrected chi connectivity index (χ3v) is 7.86. The van der Waals surface area contributed by atoms with E-state index in [1.54, 1.807) is 0 Å². The molecule has 0 N–H and O–H groups in total. The highest BCUT2D eigenvalue weighted by Crippen LogP contribution is 2.63. The van der Waals surface area contributed by atoms with Gasteiger partial charge in [-0.3, -0.25) is 4.98 Å². The largest absolute Gasteiger partial charge is 0.311 e. The van der Waals surface area contributed by atoms with Crippen molar-refractivity contribution in [3.63, 3.8) is 0 Å². The Hall–Kier alpha value is -4.69. The quantitative estimate of drug-likeness (QED) is 0.258. The van der Waals surface area contributed by atoms with Gasteiger partial charge < -0.3 is 4.57 Å². The molecule has 0 aliphatic heterocycles. The minimum Gasteiger partial charge on any atom is -0.311 e. The SMILES string of the molecule is c1ccc(-c2cc3c(n2-c2ccccc2)C2(c4ccccc4-c4ccccc42)c2cccnc2-3)cc1. The molecule has 2 heterocycles. The smallest absolute Gasteiger partial charge is 0.0897 e. The van der Waals surface area contributed by atoms with Crippen LogP contribution in [0.2, 0.25) is 0 Å². The number of hydrogen-bond donors (Lipinski definition) is 0. The molecular formula is C34H22N2. The maximum absolute atomic E-state index is 4.99. The van der Waals surface area contributed by atoms with Gasteiger partial charge in [0.1, 0.15) is 0 Å². The fraction of sp³-hybridized carbons (Fsp3) is 0.0294. The maximum atomic E-state index is 4.99. The first kappa shape index (κ1) is 19.6. The van der Waals surface area contributed by atoms with Gasteiger partial charge in [-0.2, -0.15) is 0 Å². The summed E-state index contributed by atoms with van der Waals surface area (Å²) in [5.41, 5.74) is 13.2. The summed E-state index contributed by atoms with van der Waals surface area (Å²) >= 11 is 0. The van der Waals surface area contributed by atoms with Crippen molar-refractivity contribution in [3.05, 3.63) is 156 Å². The van der Waals surface area contributed by atoms with Gasteiger partial charge in [-0.25, -0.2) is 0 Å². The maximum Gasteiger partial charge on any atom is 0.0897 e. The van der Waals surface area contributed by atoms with Crippen LogP contribution in [0, 0.1) is 0 Å². The molecule has 0 amide bonds. The Labute approximate surface area is 210 Å². The number of para-hydroxylation sites is 1. The molecule has 2 aromatic heterocycles. The lowest BCUT2D eigenvalue weighted by atomic mass is 9.73. The molecule has 2 aliphatic rings. The number of nitrogens with zero attached hydrogens (tertiary/aromatic N) is 2. The first-order valence-electron chi connectivity index (χ1n) is 12.4. The van der Waals surface area contributed by atoms with Crippen molar-refractivity contribution in [3.8, 4) is 39.3 Å². The molecule has 4 aromatic carbocycles. The van der Waals surface area contributed by atoms with E-state index in [1.165, 1.54) is 50.3 Å². The highest BCUT2D eigenvalue weighted by Gasteiger charge is 2.54. The molecule has 168 valence electrons. The van der Waals surface area contributed by atoms with Crippen molar-refractivity contribution in [2.45, 2.75) is 5.41 Å². The van der Waals surface area contributed by atoms with Gasteiger partial charge in [0.25, 0.3) is 0 Å². The Morgan fingerprint density at radius 3 is 1.81 bits per heavy atom. The topological polar surface area (TPSA) is 17.8 Å². The predicted molar refractivity (Wildman–Crippen MR) is 145 cm³/mol. The molecule has 0 radical (unpaired) electrons. The number of rotatable bonds is 2. The first-order valence-corrected chi connectivity index (χ1v) is 12.4. The summed E-state index contributed by atoms with van der Waals surface area (Å²) in [6.07, 6.45) is 1.93. The van der Waals surface area contributed by atoms with Gasteiger partial charge in [0, 0.05) is 17.4 Å². The predicted octanol–water partition coefficient (Wildman–Crippen LogP) is 7.88. The first-order chi connectivity index (χ1) is 17.9. The molecule has 0 saturated heterocycles. The highest BCUT2D eigenvalue weighted by atomic mass is 15.0. The molecule has 2 nitrogen and oxygen atoms in total. The van der Waals surface area contributed by atoms with Crippen LogP contribution in [0.15, 0.2) is 134 Å². The van der Waals surface area contributed by atoms with Crippen molar-refractivity contribution < 1.29 is 0 Å². The van der Waals surface area contributed by atoms with Crippen molar-refractivity contribution in [2.24, 2.45) is 0 Å². The summed E-state index contributed by atoms with van der Waals surface area (Å²) in [7, 11) is 0. The zero-order valence-electron chi connectivity index (χ0n) is 19.6. The molecule has 6 aromatic rings. The second-order valence-electron chi connectivity index (χ2n) is 9.57. The molecule has 0 bridgehead atoms. The van der Waals surface area contributed by atoms with E-state index >= 15 is 0 Å². The van der Waals surface area contributed by atoms with E-state index in [1.807, 2.05) is 6.20 Å². The van der Waals surface area contributed by atoms with E-state index in [0.717, 1.165) is 11.4 Å². The monoisotopic (exact) mass is 458 g/mol. The molecule has 2 heteroatoms. The number of hydrogen-bond acceptors (Lipinski definition) is 1. The summed E-state index contributed by atoms with van der Waals surface area (Å²) in [5, 5.41) is 0. The number of aromatic nitrogens is 2. The van der Waals surface area contributed by atoms with Gasteiger partial charge in [-0.1, -0.05) is 103 Å². The van der Waals surface area contributed by atoms with Gasteiger partial charge in [0.15, 0.2) is 0 Å². The standard InChI is InChI=1S/C34H22N2/c1-3-12-23(13-4-1)31-22-27-32-30(20-11-21-35-32)34(33(27)36(31)24-14-5-2-6-15-24)28-18-9-7-16-25(28)26-17-8-10-19-29(26)34/h1-22H. The van der Waals surface area contributed by atoms with E-state index in [0.29, 0.717) is 0 Å². The highest BCUT2D eigenvalue weighted by molar-refractivity contribution is 5.95. The minimum atomic E-state index is -0.436. The lowest BCUT2D eigenvalue weighted by Gasteiger charge is -2.32. The fourth-order valence-electron chi connectivity index (χ4n) is 6.56. The van der Waals surface area contributed by atoms with E-state index in [-0.39, 0.29) is 0 Å². The minimum absolute atomic E-state index is 0.436. The van der Waals surface area contributed by atoms with Crippen molar-refractivity contribution in [1.29, 1.82) is 0 Å². The Balaban J connectivity index is 1.60. The Morgan fingerprint density at radius 1 is 0.528 bits per heavy atom. The van der Waals surface area contributed by atoms with Crippen LogP contribution < -0.4 is 0 Å². The number of fused-ring (bicyclic) bond motifs is 10. The molecule has 2 aliphatic carbocycles. The Morgan fingerprint density at radius 2 is 1.11 bits per heavy atom. The van der Waals surface area contributed by atoms with Crippen LogP contribution in [0.4, 0.5) is 0 Å². The molecule has 0 unspecified atom stereocenters. The Kier molecular flexibility index (Phi) is 3.90. The van der Waals surface area contributed by atoms with Crippen LogP contribution in [0.5, 0.6) is 0 Å². The van der Waals surface area contributed by atoms with Crippen molar-refractivity contribution in [1.82, 2.24) is 9.55 Å². The third-order valence-electron chi connectivity index (χ3n) is 7.86.